The molecule has 2 N–H and O–H groups in total. The van der Waals surface area contributed by atoms with Crippen LogP contribution in [0.3, 0.4) is 0 Å². The number of aryl methyl sites for hydroxylation is 1. The Balaban J connectivity index is 2.38. The van der Waals surface area contributed by atoms with Gasteiger partial charge in [-0.15, -0.1) is 0 Å². The molecule has 1 aromatic rings. The summed E-state index contributed by atoms with van der Waals surface area (Å²) in [5, 5.41) is 6.64. The van der Waals surface area contributed by atoms with Gasteiger partial charge in [-0.25, -0.2) is 5.43 Å². The maximum absolute atomic E-state index is 11.7. The summed E-state index contributed by atoms with van der Waals surface area (Å²) in [5.74, 6) is 0.160. The van der Waals surface area contributed by atoms with Crippen LogP contribution in [0.5, 0.6) is 5.75 Å². The second-order valence-electron chi connectivity index (χ2n) is 5.11. The molecule has 0 aliphatic rings. The van der Waals surface area contributed by atoms with Gasteiger partial charge in [-0.2, -0.15) is 5.10 Å². The molecule has 0 saturated carbocycles. The van der Waals surface area contributed by atoms with E-state index in [4.69, 9.17) is 4.74 Å². The third-order valence-electron chi connectivity index (χ3n) is 2.86. The number of hydrazone groups is 1. The van der Waals surface area contributed by atoms with Gasteiger partial charge in [0.2, 0.25) is 5.91 Å². The van der Waals surface area contributed by atoms with Crippen molar-refractivity contribution < 1.29 is 14.3 Å². The van der Waals surface area contributed by atoms with Crippen LogP contribution in [0, 0.1) is 6.92 Å². The number of nitrogens with zero attached hydrogens (tertiary/aromatic N) is 1. The van der Waals surface area contributed by atoms with Crippen LogP contribution < -0.4 is 15.5 Å². The van der Waals surface area contributed by atoms with E-state index < -0.39 is 0 Å². The number of ether oxygens (including phenoxy) is 1. The first-order valence-corrected chi connectivity index (χ1v) is 8.19. The Hall–Kier alpha value is -1.89. The molecule has 0 aliphatic carbocycles. The number of rotatable bonds is 8. The average Bonchev–Trinajstić information content (AvgIpc) is 2.50. The summed E-state index contributed by atoms with van der Waals surface area (Å²) < 4.78 is 6.39. The highest BCUT2D eigenvalue weighted by Gasteiger charge is 2.06. The molecule has 0 bridgehead atoms. The normalized spacial score (nSPS) is 11.0. The average molecular weight is 384 g/mol. The van der Waals surface area contributed by atoms with Crippen molar-refractivity contribution in [3.05, 3.63) is 28.2 Å². The summed E-state index contributed by atoms with van der Waals surface area (Å²) in [6.45, 7) is 6.06. The van der Waals surface area contributed by atoms with Crippen LogP contribution in [0.15, 0.2) is 27.8 Å². The van der Waals surface area contributed by atoms with E-state index in [1.54, 1.807) is 13.0 Å². The van der Waals surface area contributed by atoms with E-state index in [9.17, 15) is 9.59 Å². The number of benzene rings is 1. The van der Waals surface area contributed by atoms with Crippen LogP contribution in [0.2, 0.25) is 0 Å². The SMILES string of the molecule is CCCNC(=O)CC(C)=NNC(=O)COc1ccc(Br)cc1C. The fraction of sp³-hybridized carbons (Fsp3) is 0.438. The van der Waals surface area contributed by atoms with Crippen molar-refractivity contribution in [3.63, 3.8) is 0 Å². The molecule has 0 aromatic heterocycles. The number of hydrogen-bond donors (Lipinski definition) is 2. The Bertz CT molecular complexity index is 588. The first-order chi connectivity index (χ1) is 10.9. The van der Waals surface area contributed by atoms with E-state index in [0.29, 0.717) is 18.0 Å². The predicted molar refractivity (Wildman–Crippen MR) is 93.5 cm³/mol. The molecular weight excluding hydrogens is 362 g/mol. The molecule has 0 atom stereocenters. The lowest BCUT2D eigenvalue weighted by molar-refractivity contribution is -0.123. The van der Waals surface area contributed by atoms with Crippen LogP contribution in [0.25, 0.3) is 0 Å². The standard InChI is InChI=1S/C16H22BrN3O3/c1-4-7-18-15(21)9-12(3)19-20-16(22)10-23-14-6-5-13(17)8-11(14)2/h5-6,8H,4,7,9-10H2,1-3H3,(H,18,21)(H,20,22). The minimum Gasteiger partial charge on any atom is -0.483 e. The molecule has 1 aromatic carbocycles. The molecule has 2 amide bonds. The number of carbonyl (C=O) groups excluding carboxylic acids is 2. The number of carbonyl (C=O) groups is 2. The molecule has 0 aliphatic heterocycles. The summed E-state index contributed by atoms with van der Waals surface area (Å²) >= 11 is 3.37. The second-order valence-corrected chi connectivity index (χ2v) is 6.02. The minimum atomic E-state index is -0.374. The molecule has 0 heterocycles. The highest BCUT2D eigenvalue weighted by molar-refractivity contribution is 9.10. The summed E-state index contributed by atoms with van der Waals surface area (Å²) in [6, 6.07) is 5.54. The highest BCUT2D eigenvalue weighted by atomic mass is 79.9. The summed E-state index contributed by atoms with van der Waals surface area (Å²) in [6.07, 6.45) is 1.04. The van der Waals surface area contributed by atoms with Crippen molar-refractivity contribution in [2.75, 3.05) is 13.2 Å². The van der Waals surface area contributed by atoms with Gasteiger partial charge in [-0.05, 0) is 44.0 Å². The van der Waals surface area contributed by atoms with Crippen molar-refractivity contribution >= 4 is 33.5 Å². The summed E-state index contributed by atoms with van der Waals surface area (Å²) in [4.78, 5) is 23.2. The zero-order chi connectivity index (χ0) is 17.2. The molecule has 0 unspecified atom stereocenters. The Morgan fingerprint density at radius 2 is 2.04 bits per heavy atom. The van der Waals surface area contributed by atoms with E-state index >= 15 is 0 Å². The molecule has 0 spiro atoms. The Labute approximate surface area is 144 Å². The molecule has 126 valence electrons. The van der Waals surface area contributed by atoms with Crippen molar-refractivity contribution in [1.29, 1.82) is 0 Å². The van der Waals surface area contributed by atoms with Crippen LogP contribution in [0.4, 0.5) is 0 Å². The van der Waals surface area contributed by atoms with Crippen molar-refractivity contribution in [2.24, 2.45) is 5.10 Å². The first kappa shape index (κ1) is 19.2. The maximum atomic E-state index is 11.7. The zero-order valence-corrected chi connectivity index (χ0v) is 15.2. The Morgan fingerprint density at radius 1 is 1.30 bits per heavy atom. The van der Waals surface area contributed by atoms with E-state index in [2.05, 4.69) is 31.8 Å². The highest BCUT2D eigenvalue weighted by Crippen LogP contribution is 2.21. The van der Waals surface area contributed by atoms with Crippen molar-refractivity contribution in [3.8, 4) is 5.75 Å². The Morgan fingerprint density at radius 3 is 2.70 bits per heavy atom. The van der Waals surface area contributed by atoms with Gasteiger partial charge < -0.3 is 10.1 Å². The lowest BCUT2D eigenvalue weighted by Crippen LogP contribution is -2.28. The van der Waals surface area contributed by atoms with Gasteiger partial charge in [-0.3, -0.25) is 9.59 Å². The quantitative estimate of drug-likeness (QED) is 0.534. The monoisotopic (exact) mass is 383 g/mol. The maximum Gasteiger partial charge on any atom is 0.277 e. The fourth-order valence-electron chi connectivity index (χ4n) is 1.71. The molecule has 0 fully saturated rings. The molecule has 0 radical (unpaired) electrons. The lowest BCUT2D eigenvalue weighted by Gasteiger charge is -2.08. The first-order valence-electron chi connectivity index (χ1n) is 7.40. The third kappa shape index (κ3) is 7.78. The van der Waals surface area contributed by atoms with Gasteiger partial charge in [0.05, 0.1) is 6.42 Å². The van der Waals surface area contributed by atoms with E-state index in [0.717, 1.165) is 16.5 Å². The molecule has 0 saturated heterocycles. The van der Waals surface area contributed by atoms with Gasteiger partial charge in [0.1, 0.15) is 5.75 Å². The number of nitrogens with one attached hydrogen (secondary N) is 2. The van der Waals surface area contributed by atoms with Crippen LogP contribution in [0.1, 0.15) is 32.3 Å². The Kier molecular flexibility index (Phi) is 8.32. The molecular formula is C16H22BrN3O3. The number of amides is 2. The zero-order valence-electron chi connectivity index (χ0n) is 13.6. The molecule has 7 heteroatoms. The van der Waals surface area contributed by atoms with Crippen LogP contribution >= 0.6 is 15.9 Å². The topological polar surface area (TPSA) is 79.8 Å². The van der Waals surface area contributed by atoms with Crippen molar-refractivity contribution in [2.45, 2.75) is 33.6 Å². The number of hydrogen-bond acceptors (Lipinski definition) is 4. The van der Waals surface area contributed by atoms with Gasteiger partial charge in [-0.1, -0.05) is 22.9 Å². The van der Waals surface area contributed by atoms with Crippen molar-refractivity contribution in [1.82, 2.24) is 10.7 Å². The summed E-state index contributed by atoms with van der Waals surface area (Å²) in [5.41, 5.74) is 3.84. The fourth-order valence-corrected chi connectivity index (χ4v) is 2.18. The molecule has 1 rings (SSSR count). The predicted octanol–water partition coefficient (Wildman–Crippen LogP) is 2.54. The van der Waals surface area contributed by atoms with Gasteiger partial charge in [0, 0.05) is 16.7 Å². The number of halogens is 1. The smallest absolute Gasteiger partial charge is 0.277 e. The van der Waals surface area contributed by atoms with E-state index in [-0.39, 0.29) is 24.8 Å². The van der Waals surface area contributed by atoms with E-state index in [1.165, 1.54) is 0 Å². The molecule has 23 heavy (non-hydrogen) atoms. The lowest BCUT2D eigenvalue weighted by atomic mass is 10.2. The second kappa shape index (κ2) is 9.99. The largest absolute Gasteiger partial charge is 0.483 e. The molecule has 6 nitrogen and oxygen atoms in total. The summed E-state index contributed by atoms with van der Waals surface area (Å²) in [7, 11) is 0. The third-order valence-corrected chi connectivity index (χ3v) is 3.35. The van der Waals surface area contributed by atoms with Gasteiger partial charge in [0.15, 0.2) is 6.61 Å². The minimum absolute atomic E-state index is 0.107. The van der Waals surface area contributed by atoms with Gasteiger partial charge >= 0.3 is 0 Å². The van der Waals surface area contributed by atoms with E-state index in [1.807, 2.05) is 26.0 Å². The van der Waals surface area contributed by atoms with Crippen LogP contribution in [-0.4, -0.2) is 30.7 Å². The van der Waals surface area contributed by atoms with Gasteiger partial charge in [0.25, 0.3) is 5.91 Å². The van der Waals surface area contributed by atoms with Crippen LogP contribution in [-0.2, 0) is 9.59 Å².